The molecule has 0 spiro atoms. The molecule has 0 atom stereocenters. The molecule has 0 bridgehead atoms. The molecule has 0 radical (unpaired) electrons. The smallest absolute Gasteiger partial charge is 0.337 e. The van der Waals surface area contributed by atoms with Crippen LogP contribution in [0.2, 0.25) is 0 Å². The van der Waals surface area contributed by atoms with Crippen LogP contribution >= 0.6 is 38.5 Å². The van der Waals surface area contributed by atoms with Gasteiger partial charge < -0.3 is 15.7 Å². The highest BCUT2D eigenvalue weighted by atomic mass is 127. The normalized spacial score (nSPS) is 10.0. The first-order valence-electron chi connectivity index (χ1n) is 5.82. The van der Waals surface area contributed by atoms with Gasteiger partial charge in [-0.3, -0.25) is 0 Å². The van der Waals surface area contributed by atoms with Gasteiger partial charge in [-0.2, -0.15) is 0 Å². The summed E-state index contributed by atoms with van der Waals surface area (Å²) in [4.78, 5) is 23.1. The first-order valence-corrected chi connectivity index (χ1v) is 7.69. The predicted molar refractivity (Wildman–Crippen MR) is 92.9 cm³/mol. The van der Waals surface area contributed by atoms with Crippen LogP contribution in [0.3, 0.4) is 0 Å². The van der Waals surface area contributed by atoms with Crippen LogP contribution in [-0.2, 0) is 0 Å². The minimum absolute atomic E-state index is 0.0241. The summed E-state index contributed by atoms with van der Waals surface area (Å²) in [5.41, 5.74) is 0.877. The number of rotatable bonds is 3. The first-order chi connectivity index (χ1) is 9.95. The van der Waals surface area contributed by atoms with E-state index in [4.69, 9.17) is 5.11 Å². The van der Waals surface area contributed by atoms with Crippen molar-refractivity contribution in [2.75, 3.05) is 10.6 Å². The molecule has 0 fully saturated rings. The molecule has 5 nitrogen and oxygen atoms in total. The van der Waals surface area contributed by atoms with E-state index in [-0.39, 0.29) is 11.3 Å². The summed E-state index contributed by atoms with van der Waals surface area (Å²) in [5, 5.41) is 14.3. The van der Waals surface area contributed by atoms with Gasteiger partial charge in [0.15, 0.2) is 0 Å². The summed E-state index contributed by atoms with van der Waals surface area (Å²) in [6.07, 6.45) is 0. The Morgan fingerprint density at radius 3 is 2.52 bits per heavy atom. The maximum Gasteiger partial charge on any atom is 0.337 e. The summed E-state index contributed by atoms with van der Waals surface area (Å²) in [6, 6.07) is 11.3. The van der Waals surface area contributed by atoms with Crippen molar-refractivity contribution in [2.24, 2.45) is 0 Å². The number of nitrogens with one attached hydrogen (secondary N) is 2. The topological polar surface area (TPSA) is 78.4 Å². The maximum absolute atomic E-state index is 11.9. The van der Waals surface area contributed by atoms with Crippen molar-refractivity contribution >= 4 is 61.9 Å². The molecule has 0 unspecified atom stereocenters. The van der Waals surface area contributed by atoms with Crippen molar-refractivity contribution in [1.82, 2.24) is 0 Å². The molecule has 7 heteroatoms. The summed E-state index contributed by atoms with van der Waals surface area (Å²) in [6.45, 7) is 0. The van der Waals surface area contributed by atoms with E-state index in [0.29, 0.717) is 10.2 Å². The van der Waals surface area contributed by atoms with E-state index in [1.165, 1.54) is 12.1 Å². The molecule has 21 heavy (non-hydrogen) atoms. The van der Waals surface area contributed by atoms with E-state index in [1.807, 2.05) is 12.1 Å². The van der Waals surface area contributed by atoms with E-state index in [1.54, 1.807) is 18.2 Å². The van der Waals surface area contributed by atoms with Crippen LogP contribution in [0.25, 0.3) is 0 Å². The zero-order chi connectivity index (χ0) is 15.4. The highest BCUT2D eigenvalue weighted by Crippen LogP contribution is 2.22. The first kappa shape index (κ1) is 15.8. The van der Waals surface area contributed by atoms with Crippen LogP contribution in [0.15, 0.2) is 46.9 Å². The average Bonchev–Trinajstić information content (AvgIpc) is 2.38. The van der Waals surface area contributed by atoms with Gasteiger partial charge in [0.2, 0.25) is 0 Å². The Labute approximate surface area is 143 Å². The lowest BCUT2D eigenvalue weighted by atomic mass is 10.2. The van der Waals surface area contributed by atoms with Gasteiger partial charge in [0.25, 0.3) is 0 Å². The second-order valence-corrected chi connectivity index (χ2v) is 6.25. The fraction of sp³-hybridized carbons (Fsp3) is 0. The zero-order valence-corrected chi connectivity index (χ0v) is 14.3. The molecule has 108 valence electrons. The molecular formula is C14H10BrIN2O3. The van der Waals surface area contributed by atoms with Gasteiger partial charge in [-0.05, 0) is 59.0 Å². The highest BCUT2D eigenvalue weighted by Gasteiger charge is 2.13. The molecule has 2 aromatic rings. The Balaban J connectivity index is 2.16. The van der Waals surface area contributed by atoms with Crippen molar-refractivity contribution in [1.29, 1.82) is 0 Å². The number of hydrogen-bond donors (Lipinski definition) is 3. The zero-order valence-electron chi connectivity index (χ0n) is 10.6. The number of urea groups is 1. The van der Waals surface area contributed by atoms with Gasteiger partial charge in [-0.25, -0.2) is 9.59 Å². The Morgan fingerprint density at radius 2 is 1.86 bits per heavy atom. The molecule has 0 aliphatic carbocycles. The van der Waals surface area contributed by atoms with Gasteiger partial charge in [0.1, 0.15) is 0 Å². The predicted octanol–water partition coefficient (Wildman–Crippen LogP) is 4.40. The number of benzene rings is 2. The van der Waals surface area contributed by atoms with Gasteiger partial charge in [0, 0.05) is 13.7 Å². The van der Waals surface area contributed by atoms with E-state index < -0.39 is 12.0 Å². The van der Waals surface area contributed by atoms with Crippen LogP contribution in [0, 0.1) is 3.57 Å². The lowest BCUT2D eigenvalue weighted by molar-refractivity contribution is 0.0698. The van der Waals surface area contributed by atoms with Crippen LogP contribution in [0.4, 0.5) is 16.2 Å². The van der Waals surface area contributed by atoms with Gasteiger partial charge in [0.05, 0.1) is 11.3 Å². The summed E-state index contributed by atoms with van der Waals surface area (Å²) < 4.78 is 1.66. The van der Waals surface area contributed by atoms with Gasteiger partial charge in [-0.1, -0.05) is 22.0 Å². The fourth-order valence-electron chi connectivity index (χ4n) is 1.66. The molecule has 2 rings (SSSR count). The van der Waals surface area contributed by atoms with Crippen molar-refractivity contribution < 1.29 is 14.7 Å². The standard InChI is InChI=1S/C14H10BrIN2O3/c15-8-4-5-11(13(19)20)12(6-8)18-14(21)17-10-3-1-2-9(16)7-10/h1-7H,(H,19,20)(H2,17,18,21). The third kappa shape index (κ3) is 4.43. The molecule has 0 aliphatic rings. The number of aromatic carboxylic acids is 1. The van der Waals surface area contributed by atoms with Gasteiger partial charge in [-0.15, -0.1) is 0 Å². The molecule has 0 saturated carbocycles. The molecule has 0 heterocycles. The molecular weight excluding hydrogens is 451 g/mol. The number of carbonyl (C=O) groups is 2. The molecule has 2 aromatic carbocycles. The third-order valence-corrected chi connectivity index (χ3v) is 3.71. The Morgan fingerprint density at radius 1 is 1.10 bits per heavy atom. The van der Waals surface area contributed by atoms with Crippen LogP contribution < -0.4 is 10.6 Å². The van der Waals surface area contributed by atoms with Crippen molar-refractivity contribution in [3.05, 3.63) is 56.1 Å². The van der Waals surface area contributed by atoms with Crippen LogP contribution in [0.5, 0.6) is 0 Å². The molecule has 0 aliphatic heterocycles. The third-order valence-electron chi connectivity index (χ3n) is 2.54. The Bertz CT molecular complexity index is 706. The van der Waals surface area contributed by atoms with Gasteiger partial charge >= 0.3 is 12.0 Å². The largest absolute Gasteiger partial charge is 0.478 e. The molecule has 3 N–H and O–H groups in total. The molecule has 0 saturated heterocycles. The Hall–Kier alpha value is -1.61. The number of carboxylic acids is 1. The number of amides is 2. The highest BCUT2D eigenvalue weighted by molar-refractivity contribution is 14.1. The lowest BCUT2D eigenvalue weighted by Crippen LogP contribution is -2.21. The van der Waals surface area contributed by atoms with E-state index in [0.717, 1.165) is 3.57 Å². The second kappa shape index (κ2) is 6.90. The quantitative estimate of drug-likeness (QED) is 0.594. The van der Waals surface area contributed by atoms with Crippen LogP contribution in [-0.4, -0.2) is 17.1 Å². The van der Waals surface area contributed by atoms with Crippen molar-refractivity contribution in [3.8, 4) is 0 Å². The minimum atomic E-state index is -1.10. The SMILES string of the molecule is O=C(Nc1cccc(I)c1)Nc1cc(Br)ccc1C(=O)O. The van der Waals surface area contributed by atoms with E-state index in [2.05, 4.69) is 49.2 Å². The Kier molecular flexibility index (Phi) is 5.18. The molecule has 0 aromatic heterocycles. The minimum Gasteiger partial charge on any atom is -0.478 e. The number of halogens is 2. The summed E-state index contributed by atoms with van der Waals surface area (Å²) in [5.74, 6) is -1.10. The summed E-state index contributed by atoms with van der Waals surface area (Å²) in [7, 11) is 0. The summed E-state index contributed by atoms with van der Waals surface area (Å²) >= 11 is 5.38. The number of hydrogen-bond acceptors (Lipinski definition) is 2. The lowest BCUT2D eigenvalue weighted by Gasteiger charge is -2.10. The number of anilines is 2. The monoisotopic (exact) mass is 460 g/mol. The van der Waals surface area contributed by atoms with E-state index >= 15 is 0 Å². The fourth-order valence-corrected chi connectivity index (χ4v) is 2.56. The average molecular weight is 461 g/mol. The van der Waals surface area contributed by atoms with Crippen molar-refractivity contribution in [3.63, 3.8) is 0 Å². The maximum atomic E-state index is 11.9. The van der Waals surface area contributed by atoms with Crippen molar-refractivity contribution in [2.45, 2.75) is 0 Å². The number of carboxylic acid groups (broad SMARTS) is 1. The van der Waals surface area contributed by atoms with Crippen LogP contribution in [0.1, 0.15) is 10.4 Å². The second-order valence-electron chi connectivity index (χ2n) is 4.08. The number of carbonyl (C=O) groups excluding carboxylic acids is 1. The molecule has 2 amide bonds. The van der Waals surface area contributed by atoms with E-state index in [9.17, 15) is 9.59 Å².